The van der Waals surface area contributed by atoms with Gasteiger partial charge in [-0.2, -0.15) is 0 Å². The Morgan fingerprint density at radius 1 is 1.22 bits per heavy atom. The summed E-state index contributed by atoms with van der Waals surface area (Å²) in [5, 5.41) is 11.7. The molecule has 18 heavy (non-hydrogen) atoms. The molecule has 0 amide bonds. The van der Waals surface area contributed by atoms with Crippen LogP contribution in [0.3, 0.4) is 0 Å². The zero-order chi connectivity index (χ0) is 12.6. The van der Waals surface area contributed by atoms with E-state index >= 15 is 0 Å². The van der Waals surface area contributed by atoms with Crippen molar-refractivity contribution in [3.63, 3.8) is 0 Å². The van der Waals surface area contributed by atoms with Crippen molar-refractivity contribution in [3.05, 3.63) is 56.2 Å². The predicted molar refractivity (Wildman–Crippen MR) is 61.6 cm³/mol. The maximum Gasteiger partial charge on any atom is 1.00 e. The van der Waals surface area contributed by atoms with Gasteiger partial charge in [-0.05, 0) is 36.9 Å². The Morgan fingerprint density at radius 2 is 1.89 bits per heavy atom. The summed E-state index contributed by atoms with van der Waals surface area (Å²) in [5.41, 5.74) is 0.910. The third-order valence-corrected chi connectivity index (χ3v) is 2.73. The molecule has 0 spiro atoms. The van der Waals surface area contributed by atoms with Crippen LogP contribution in [0.15, 0.2) is 33.9 Å². The van der Waals surface area contributed by atoms with Crippen LogP contribution in [0.25, 0.3) is 5.69 Å². The Bertz CT molecular complexity index is 688. The summed E-state index contributed by atoms with van der Waals surface area (Å²) in [6, 6.07) is 6.18. The van der Waals surface area contributed by atoms with Gasteiger partial charge in [0.25, 0.3) is 5.56 Å². The number of rotatable bonds is 1. The molecule has 1 N–H and O–H groups in total. The summed E-state index contributed by atoms with van der Waals surface area (Å²) in [6.45, 7) is 3.71. The molecule has 0 aliphatic heterocycles. The fourth-order valence-electron chi connectivity index (χ4n) is 1.68. The van der Waals surface area contributed by atoms with Crippen LogP contribution in [0.4, 0.5) is 0 Å². The minimum absolute atomic E-state index is 0. The van der Waals surface area contributed by atoms with Crippen LogP contribution in [0, 0.1) is 13.8 Å². The molecule has 1 heterocycles. The molecule has 0 radical (unpaired) electrons. The topological polar surface area (TPSA) is 77.9 Å². The van der Waals surface area contributed by atoms with Gasteiger partial charge in [-0.25, -0.2) is 4.79 Å². The first-order chi connectivity index (χ1) is 8.00. The summed E-state index contributed by atoms with van der Waals surface area (Å²) in [6.07, 6.45) is 0. The zero-order valence-corrected chi connectivity index (χ0v) is 13.6. The molecule has 0 unspecified atom stereocenters. The Balaban J connectivity index is 0.00000162. The Hall–Kier alpha value is -0.664. The molecule has 0 aliphatic carbocycles. The molecular formula is C12H11KN2O3. The normalized spacial score (nSPS) is 9.89. The van der Waals surface area contributed by atoms with Crippen molar-refractivity contribution in [2.75, 3.05) is 0 Å². The molecule has 0 atom stereocenters. The van der Waals surface area contributed by atoms with Gasteiger partial charge in [0.2, 0.25) is 0 Å². The van der Waals surface area contributed by atoms with Gasteiger partial charge in [0, 0.05) is 6.07 Å². The number of aryl methyl sites for hydroxylation is 1. The number of nitrogens with one attached hydrogen (secondary N) is 1. The molecular weight excluding hydrogens is 259 g/mol. The molecule has 88 valence electrons. The molecule has 5 nitrogen and oxygen atoms in total. The molecule has 0 saturated heterocycles. The molecule has 0 bridgehead atoms. The van der Waals surface area contributed by atoms with E-state index in [1.54, 1.807) is 12.1 Å². The number of aromatic nitrogens is 2. The minimum atomic E-state index is -0.712. The van der Waals surface area contributed by atoms with Crippen molar-refractivity contribution in [2.45, 2.75) is 13.8 Å². The van der Waals surface area contributed by atoms with E-state index in [4.69, 9.17) is 0 Å². The summed E-state index contributed by atoms with van der Waals surface area (Å²) in [4.78, 5) is 24.7. The van der Waals surface area contributed by atoms with Crippen LogP contribution in [0.1, 0.15) is 11.1 Å². The van der Waals surface area contributed by atoms with Gasteiger partial charge in [0.1, 0.15) is 0 Å². The summed E-state index contributed by atoms with van der Waals surface area (Å²) in [7, 11) is 0. The van der Waals surface area contributed by atoms with E-state index in [2.05, 4.69) is 4.98 Å². The monoisotopic (exact) mass is 270 g/mol. The van der Waals surface area contributed by atoms with E-state index < -0.39 is 17.1 Å². The van der Waals surface area contributed by atoms with E-state index in [-0.39, 0.29) is 51.4 Å². The maximum atomic E-state index is 11.7. The number of hydrogen-bond donors (Lipinski definition) is 1. The van der Waals surface area contributed by atoms with E-state index in [1.165, 1.54) is 0 Å². The molecule has 6 heteroatoms. The van der Waals surface area contributed by atoms with Gasteiger partial charge in [0.15, 0.2) is 0 Å². The van der Waals surface area contributed by atoms with Crippen LogP contribution in [-0.2, 0) is 0 Å². The van der Waals surface area contributed by atoms with E-state index in [1.807, 2.05) is 19.9 Å². The first kappa shape index (κ1) is 15.4. The molecule has 1 aromatic carbocycles. The van der Waals surface area contributed by atoms with Gasteiger partial charge in [-0.15, -0.1) is 0 Å². The third-order valence-electron chi connectivity index (χ3n) is 2.73. The fraction of sp³-hybridized carbons (Fsp3) is 0.167. The molecule has 2 aromatic rings. The van der Waals surface area contributed by atoms with E-state index in [0.717, 1.165) is 21.8 Å². The van der Waals surface area contributed by atoms with Crippen molar-refractivity contribution < 1.29 is 56.5 Å². The zero-order valence-electron chi connectivity index (χ0n) is 10.5. The number of aromatic amines is 1. The van der Waals surface area contributed by atoms with Gasteiger partial charge < -0.3 is 5.11 Å². The third kappa shape index (κ3) is 2.84. The van der Waals surface area contributed by atoms with Crippen LogP contribution >= 0.6 is 0 Å². The SMILES string of the molecule is Cc1cccc(-n2c([O-])cc(=O)[nH]c2=O)c1C.[K+]. The summed E-state index contributed by atoms with van der Waals surface area (Å²) >= 11 is 0. The predicted octanol–water partition coefficient (Wildman–Crippen LogP) is -2.78. The standard InChI is InChI=1S/C12H12N2O3.K/c1-7-4-3-5-9(8(7)2)14-11(16)6-10(15)13-12(14)17;/h3-6,16H,1-2H3,(H,13,15,17);/q;+1/p-1. The van der Waals surface area contributed by atoms with Crippen molar-refractivity contribution >= 4 is 0 Å². The van der Waals surface area contributed by atoms with Crippen LogP contribution in [0.5, 0.6) is 5.88 Å². The molecule has 0 aliphatic rings. The summed E-state index contributed by atoms with van der Waals surface area (Å²) in [5.74, 6) is -0.618. The number of H-pyrrole nitrogens is 1. The Kier molecular flexibility index (Phi) is 5.12. The fourth-order valence-corrected chi connectivity index (χ4v) is 1.68. The average molecular weight is 270 g/mol. The second kappa shape index (κ2) is 5.99. The Morgan fingerprint density at radius 3 is 2.50 bits per heavy atom. The van der Waals surface area contributed by atoms with Crippen LogP contribution < -0.4 is 67.7 Å². The minimum Gasteiger partial charge on any atom is -0.859 e. The van der Waals surface area contributed by atoms with E-state index in [0.29, 0.717) is 5.69 Å². The van der Waals surface area contributed by atoms with Gasteiger partial charge in [-0.3, -0.25) is 14.3 Å². The smallest absolute Gasteiger partial charge is 0.859 e. The van der Waals surface area contributed by atoms with Crippen molar-refractivity contribution in [1.82, 2.24) is 9.55 Å². The molecule has 0 fully saturated rings. The van der Waals surface area contributed by atoms with Crippen LogP contribution in [-0.4, -0.2) is 9.55 Å². The molecule has 2 rings (SSSR count). The number of benzene rings is 1. The average Bonchev–Trinajstić information content (AvgIpc) is 2.23. The maximum absolute atomic E-state index is 11.7. The van der Waals surface area contributed by atoms with E-state index in [9.17, 15) is 14.7 Å². The first-order valence-electron chi connectivity index (χ1n) is 5.10. The van der Waals surface area contributed by atoms with Gasteiger partial charge >= 0.3 is 57.1 Å². The number of nitrogens with zero attached hydrogens (tertiary/aromatic N) is 1. The second-order valence-electron chi connectivity index (χ2n) is 3.83. The quantitative estimate of drug-likeness (QED) is 0.569. The van der Waals surface area contributed by atoms with Crippen molar-refractivity contribution in [3.8, 4) is 11.6 Å². The second-order valence-corrected chi connectivity index (χ2v) is 3.83. The van der Waals surface area contributed by atoms with Crippen molar-refractivity contribution in [2.24, 2.45) is 0 Å². The Labute approximate surface area is 146 Å². The molecule has 0 saturated carbocycles. The van der Waals surface area contributed by atoms with Crippen LogP contribution in [0.2, 0.25) is 0 Å². The van der Waals surface area contributed by atoms with Crippen molar-refractivity contribution in [1.29, 1.82) is 0 Å². The largest absolute Gasteiger partial charge is 1.00 e. The molecule has 1 aromatic heterocycles. The van der Waals surface area contributed by atoms with Gasteiger partial charge in [0.05, 0.1) is 5.69 Å². The summed E-state index contributed by atoms with van der Waals surface area (Å²) < 4.78 is 0.962. The van der Waals surface area contributed by atoms with Gasteiger partial charge in [-0.1, -0.05) is 12.1 Å². The first-order valence-corrected chi connectivity index (χ1v) is 5.10. The number of hydrogen-bond acceptors (Lipinski definition) is 3.